The molecule has 0 aliphatic rings. The lowest BCUT2D eigenvalue weighted by atomic mass is 10.4. The van der Waals surface area contributed by atoms with Crippen LogP contribution in [0.4, 0.5) is 0 Å². The van der Waals surface area contributed by atoms with Crippen LogP contribution in [0, 0.1) is 0 Å². The van der Waals surface area contributed by atoms with Gasteiger partial charge in [0.25, 0.3) is 0 Å². The molecule has 3 N–H and O–H groups in total. The number of aliphatic imine (C=N–C) groups is 3. The molecular formula is C21H27N7. The molecule has 0 saturated carbocycles. The topological polar surface area (TPSA) is 87.7 Å². The first-order valence-electron chi connectivity index (χ1n) is 9.52. The monoisotopic (exact) mass is 377 g/mol. The van der Waals surface area contributed by atoms with Gasteiger partial charge in [-0.25, -0.2) is 0 Å². The van der Waals surface area contributed by atoms with Gasteiger partial charge in [0.05, 0.1) is 36.7 Å². The Morgan fingerprint density at radius 3 is 1.25 bits per heavy atom. The van der Waals surface area contributed by atoms with Gasteiger partial charge >= 0.3 is 0 Å². The number of nitrogens with zero attached hydrogens (tertiary/aromatic N) is 4. The Hall–Kier alpha value is -3.19. The molecule has 3 aromatic rings. The number of aromatic nitrogens is 3. The molecule has 0 radical (unpaired) electrons. The van der Waals surface area contributed by atoms with Gasteiger partial charge in [-0.2, -0.15) is 0 Å². The molecule has 0 atom stereocenters. The van der Waals surface area contributed by atoms with Crippen LogP contribution >= 0.6 is 0 Å². The fraction of sp³-hybridized carbons (Fsp3) is 0.286. The molecule has 0 aromatic carbocycles. The molecule has 0 spiro atoms. The van der Waals surface area contributed by atoms with Crippen LogP contribution in [0.3, 0.4) is 0 Å². The Morgan fingerprint density at radius 2 is 0.964 bits per heavy atom. The first-order valence-corrected chi connectivity index (χ1v) is 9.52. The first-order chi connectivity index (χ1) is 13.9. The van der Waals surface area contributed by atoms with E-state index >= 15 is 0 Å². The number of aromatic amines is 3. The summed E-state index contributed by atoms with van der Waals surface area (Å²) in [5.74, 6) is 0. The van der Waals surface area contributed by atoms with Crippen molar-refractivity contribution >= 4 is 18.6 Å². The summed E-state index contributed by atoms with van der Waals surface area (Å²) < 4.78 is 0. The van der Waals surface area contributed by atoms with Crippen molar-refractivity contribution in [2.75, 3.05) is 39.3 Å². The molecule has 3 rings (SSSR count). The van der Waals surface area contributed by atoms with E-state index in [9.17, 15) is 0 Å². The first kappa shape index (κ1) is 19.6. The van der Waals surface area contributed by atoms with E-state index in [1.165, 1.54) is 0 Å². The molecule has 0 amide bonds. The average molecular weight is 377 g/mol. The second-order valence-corrected chi connectivity index (χ2v) is 6.32. The number of hydrogen-bond donors (Lipinski definition) is 3. The second kappa shape index (κ2) is 11.5. The van der Waals surface area contributed by atoms with Crippen LogP contribution < -0.4 is 0 Å². The minimum absolute atomic E-state index is 0.750. The molecule has 7 heteroatoms. The van der Waals surface area contributed by atoms with Crippen LogP contribution in [-0.4, -0.2) is 77.8 Å². The number of rotatable bonds is 12. The van der Waals surface area contributed by atoms with Crippen molar-refractivity contribution in [1.82, 2.24) is 19.9 Å². The normalized spacial score (nSPS) is 12.3. The van der Waals surface area contributed by atoms with E-state index in [4.69, 9.17) is 0 Å². The highest BCUT2D eigenvalue weighted by Gasteiger charge is 2.03. The highest BCUT2D eigenvalue weighted by atomic mass is 15.1. The standard InChI is InChI=1S/C21H27N7/c1-4-19(25-7-1)16-22-10-13-28(14-11-23-17-20-5-2-8-26-20)15-12-24-18-21-6-3-9-27-21/h1-9,16-18,25-27H,10-15H2. The third-order valence-corrected chi connectivity index (χ3v) is 4.19. The predicted molar refractivity (Wildman–Crippen MR) is 116 cm³/mol. The van der Waals surface area contributed by atoms with Crippen molar-refractivity contribution in [3.05, 3.63) is 72.1 Å². The third kappa shape index (κ3) is 7.20. The molecule has 3 aromatic heterocycles. The van der Waals surface area contributed by atoms with Gasteiger partial charge in [0, 0.05) is 56.9 Å². The molecule has 0 saturated heterocycles. The Balaban J connectivity index is 1.44. The van der Waals surface area contributed by atoms with Crippen LogP contribution in [-0.2, 0) is 0 Å². The van der Waals surface area contributed by atoms with E-state index in [1.807, 2.05) is 73.6 Å². The lowest BCUT2D eigenvalue weighted by molar-refractivity contribution is 0.298. The van der Waals surface area contributed by atoms with Gasteiger partial charge in [-0.05, 0) is 36.4 Å². The summed E-state index contributed by atoms with van der Waals surface area (Å²) in [7, 11) is 0. The highest BCUT2D eigenvalue weighted by molar-refractivity contribution is 5.77. The van der Waals surface area contributed by atoms with Gasteiger partial charge in [-0.3, -0.25) is 19.9 Å². The fourth-order valence-electron chi connectivity index (χ4n) is 2.70. The van der Waals surface area contributed by atoms with E-state index in [2.05, 4.69) is 34.8 Å². The highest BCUT2D eigenvalue weighted by Crippen LogP contribution is 1.95. The zero-order valence-electron chi connectivity index (χ0n) is 16.0. The van der Waals surface area contributed by atoms with Crippen LogP contribution in [0.15, 0.2) is 70.0 Å². The number of H-pyrrole nitrogens is 3. The van der Waals surface area contributed by atoms with Gasteiger partial charge in [-0.15, -0.1) is 0 Å². The van der Waals surface area contributed by atoms with Gasteiger partial charge in [0.15, 0.2) is 0 Å². The summed E-state index contributed by atoms with van der Waals surface area (Å²) in [5, 5.41) is 0. The molecule has 28 heavy (non-hydrogen) atoms. The lowest BCUT2D eigenvalue weighted by Gasteiger charge is -2.19. The minimum Gasteiger partial charge on any atom is -0.360 e. The lowest BCUT2D eigenvalue weighted by Crippen LogP contribution is -2.31. The Bertz CT molecular complexity index is 713. The molecule has 3 heterocycles. The largest absolute Gasteiger partial charge is 0.360 e. The maximum atomic E-state index is 4.51. The summed E-state index contributed by atoms with van der Waals surface area (Å²) in [4.78, 5) is 25.3. The van der Waals surface area contributed by atoms with Crippen molar-refractivity contribution < 1.29 is 0 Å². The zero-order chi connectivity index (χ0) is 19.3. The van der Waals surface area contributed by atoms with Crippen LogP contribution in [0.1, 0.15) is 17.1 Å². The van der Waals surface area contributed by atoms with Gasteiger partial charge in [-0.1, -0.05) is 0 Å². The van der Waals surface area contributed by atoms with E-state index in [0.717, 1.165) is 56.4 Å². The van der Waals surface area contributed by atoms with Crippen molar-refractivity contribution in [1.29, 1.82) is 0 Å². The molecule has 0 fully saturated rings. The van der Waals surface area contributed by atoms with E-state index in [1.54, 1.807) is 0 Å². The van der Waals surface area contributed by atoms with Gasteiger partial charge < -0.3 is 15.0 Å². The Kier molecular flexibility index (Phi) is 8.04. The Morgan fingerprint density at radius 1 is 0.607 bits per heavy atom. The maximum Gasteiger partial charge on any atom is 0.0561 e. The fourth-order valence-corrected chi connectivity index (χ4v) is 2.70. The van der Waals surface area contributed by atoms with Gasteiger partial charge in [0.2, 0.25) is 0 Å². The molecule has 0 unspecified atom stereocenters. The predicted octanol–water partition coefficient (Wildman–Crippen LogP) is 2.63. The molecule has 0 aliphatic heterocycles. The molecule has 0 aliphatic carbocycles. The van der Waals surface area contributed by atoms with E-state index in [-0.39, 0.29) is 0 Å². The molecular weight excluding hydrogens is 350 g/mol. The molecule has 0 bridgehead atoms. The van der Waals surface area contributed by atoms with Crippen molar-refractivity contribution in [2.45, 2.75) is 0 Å². The van der Waals surface area contributed by atoms with E-state index < -0.39 is 0 Å². The summed E-state index contributed by atoms with van der Waals surface area (Å²) in [6.07, 6.45) is 11.3. The maximum absolute atomic E-state index is 4.51. The number of nitrogens with one attached hydrogen (secondary N) is 3. The zero-order valence-corrected chi connectivity index (χ0v) is 16.0. The summed E-state index contributed by atoms with van der Waals surface area (Å²) in [6.45, 7) is 4.90. The number of hydrogen-bond acceptors (Lipinski definition) is 4. The van der Waals surface area contributed by atoms with Crippen molar-refractivity contribution in [2.24, 2.45) is 15.0 Å². The molecule has 146 valence electrons. The smallest absolute Gasteiger partial charge is 0.0561 e. The minimum atomic E-state index is 0.750. The Labute approximate surface area is 165 Å². The van der Waals surface area contributed by atoms with Crippen LogP contribution in [0.5, 0.6) is 0 Å². The van der Waals surface area contributed by atoms with Crippen LogP contribution in [0.2, 0.25) is 0 Å². The quantitative estimate of drug-likeness (QED) is 0.416. The summed E-state index contributed by atoms with van der Waals surface area (Å²) in [5.41, 5.74) is 3.08. The van der Waals surface area contributed by atoms with E-state index in [0.29, 0.717) is 0 Å². The SMILES string of the molecule is C(=NCCN(CCN=Cc1ccc[nH]1)CCN=Cc1ccc[nH]1)c1ccc[nH]1. The summed E-state index contributed by atoms with van der Waals surface area (Å²) in [6, 6.07) is 11.9. The van der Waals surface area contributed by atoms with Crippen molar-refractivity contribution in [3.63, 3.8) is 0 Å². The van der Waals surface area contributed by atoms with Crippen molar-refractivity contribution in [3.8, 4) is 0 Å². The molecule has 7 nitrogen and oxygen atoms in total. The average Bonchev–Trinajstić information content (AvgIpc) is 3.48. The third-order valence-electron chi connectivity index (χ3n) is 4.19. The van der Waals surface area contributed by atoms with Crippen LogP contribution in [0.25, 0.3) is 0 Å². The van der Waals surface area contributed by atoms with Gasteiger partial charge in [0.1, 0.15) is 0 Å². The summed E-state index contributed by atoms with van der Waals surface area (Å²) >= 11 is 0. The second-order valence-electron chi connectivity index (χ2n) is 6.32.